The normalized spacial score (nSPS) is 20.6. The number of hydrogen-bond acceptors (Lipinski definition) is 3. The molecule has 0 unspecified atom stereocenters. The van der Waals surface area contributed by atoms with E-state index in [2.05, 4.69) is 0 Å². The van der Waals surface area contributed by atoms with E-state index < -0.39 is 24.2 Å². The Bertz CT molecular complexity index is 515. The number of carbonyl (C=O) groups is 1. The highest BCUT2D eigenvalue weighted by Gasteiger charge is 2.52. The van der Waals surface area contributed by atoms with Crippen LogP contribution in [0, 0.1) is 0 Å². The Morgan fingerprint density at radius 1 is 1.21 bits per heavy atom. The quantitative estimate of drug-likeness (QED) is 0.840. The van der Waals surface area contributed by atoms with Crippen molar-refractivity contribution >= 4 is 30.1 Å². The molecule has 1 amide bonds. The minimum atomic E-state index is -0.542. The molecule has 0 atom stereocenters. The van der Waals surface area contributed by atoms with Crippen molar-refractivity contribution in [3.63, 3.8) is 0 Å². The summed E-state index contributed by atoms with van der Waals surface area (Å²) in [4.78, 5) is 11.1. The van der Waals surface area contributed by atoms with Gasteiger partial charge in [0.15, 0.2) is 0 Å². The highest BCUT2D eigenvalue weighted by atomic mass is 35.5. The standard InChI is InChI=1S/C13H17BClNO3/c1-12(2)13(3,4)19-14(18-12)9-6-5-8(11(16)17)7-10(9)15/h5-7H,1-4H3,(H2,16,17). The first-order valence-corrected chi connectivity index (χ1v) is 6.47. The average molecular weight is 282 g/mol. The first-order chi connectivity index (χ1) is 8.64. The first kappa shape index (κ1) is 14.4. The van der Waals surface area contributed by atoms with Gasteiger partial charge < -0.3 is 15.0 Å². The summed E-state index contributed by atoms with van der Waals surface area (Å²) in [5.74, 6) is -0.512. The van der Waals surface area contributed by atoms with Gasteiger partial charge in [0.2, 0.25) is 5.91 Å². The third-order valence-electron chi connectivity index (χ3n) is 3.79. The van der Waals surface area contributed by atoms with Crippen LogP contribution in [0.4, 0.5) is 0 Å². The van der Waals surface area contributed by atoms with Gasteiger partial charge in [0.05, 0.1) is 11.2 Å². The van der Waals surface area contributed by atoms with E-state index in [1.54, 1.807) is 12.1 Å². The van der Waals surface area contributed by atoms with Crippen molar-refractivity contribution in [2.45, 2.75) is 38.9 Å². The molecule has 0 spiro atoms. The van der Waals surface area contributed by atoms with E-state index in [1.165, 1.54) is 6.07 Å². The highest BCUT2D eigenvalue weighted by Crippen LogP contribution is 2.36. The number of halogens is 1. The SMILES string of the molecule is CC1(C)OB(c2ccc(C(N)=O)cc2Cl)OC1(C)C. The van der Waals surface area contributed by atoms with Crippen LogP contribution in [0.1, 0.15) is 38.1 Å². The van der Waals surface area contributed by atoms with Crippen LogP contribution >= 0.6 is 11.6 Å². The van der Waals surface area contributed by atoms with E-state index in [0.29, 0.717) is 16.0 Å². The molecule has 0 radical (unpaired) electrons. The van der Waals surface area contributed by atoms with Gasteiger partial charge in [-0.15, -0.1) is 0 Å². The lowest BCUT2D eigenvalue weighted by Crippen LogP contribution is -2.41. The number of hydrogen-bond donors (Lipinski definition) is 1. The van der Waals surface area contributed by atoms with Crippen molar-refractivity contribution in [2.75, 3.05) is 0 Å². The van der Waals surface area contributed by atoms with Crippen LogP contribution in [0.15, 0.2) is 18.2 Å². The molecule has 0 saturated carbocycles. The van der Waals surface area contributed by atoms with E-state index in [1.807, 2.05) is 27.7 Å². The maximum Gasteiger partial charge on any atom is 0.496 e. The summed E-state index contributed by atoms with van der Waals surface area (Å²) < 4.78 is 11.8. The van der Waals surface area contributed by atoms with Crippen molar-refractivity contribution in [1.29, 1.82) is 0 Å². The van der Waals surface area contributed by atoms with Gasteiger partial charge in [-0.1, -0.05) is 17.7 Å². The van der Waals surface area contributed by atoms with Crippen molar-refractivity contribution in [3.05, 3.63) is 28.8 Å². The summed E-state index contributed by atoms with van der Waals surface area (Å²) in [6, 6.07) is 4.86. The molecule has 1 aromatic rings. The van der Waals surface area contributed by atoms with Gasteiger partial charge >= 0.3 is 7.12 Å². The molecule has 1 aliphatic rings. The van der Waals surface area contributed by atoms with Crippen LogP contribution in [-0.2, 0) is 9.31 Å². The maximum atomic E-state index is 11.1. The second kappa shape index (κ2) is 4.51. The second-order valence-corrected chi connectivity index (χ2v) is 6.10. The molecule has 1 saturated heterocycles. The van der Waals surface area contributed by atoms with E-state index in [4.69, 9.17) is 26.6 Å². The van der Waals surface area contributed by atoms with Gasteiger partial charge in [-0.25, -0.2) is 0 Å². The average Bonchev–Trinajstić information content (AvgIpc) is 2.47. The Hall–Kier alpha value is -1.04. The fraction of sp³-hybridized carbons (Fsp3) is 0.462. The number of primary amides is 1. The van der Waals surface area contributed by atoms with E-state index >= 15 is 0 Å². The molecule has 1 aromatic carbocycles. The van der Waals surface area contributed by atoms with Crippen LogP contribution in [0.2, 0.25) is 5.02 Å². The van der Waals surface area contributed by atoms with Gasteiger partial charge in [0.25, 0.3) is 0 Å². The fourth-order valence-corrected chi connectivity index (χ4v) is 2.11. The van der Waals surface area contributed by atoms with Gasteiger partial charge in [-0.05, 0) is 39.8 Å². The fourth-order valence-electron chi connectivity index (χ4n) is 1.84. The third kappa shape index (κ3) is 2.50. The summed E-state index contributed by atoms with van der Waals surface area (Å²) >= 11 is 6.17. The highest BCUT2D eigenvalue weighted by molar-refractivity contribution is 6.65. The van der Waals surface area contributed by atoms with Crippen LogP contribution in [0.3, 0.4) is 0 Å². The zero-order valence-electron chi connectivity index (χ0n) is 11.5. The number of rotatable bonds is 2. The summed E-state index contributed by atoms with van der Waals surface area (Å²) in [7, 11) is -0.542. The van der Waals surface area contributed by atoms with Crippen LogP contribution in [-0.4, -0.2) is 24.2 Å². The monoisotopic (exact) mass is 281 g/mol. The van der Waals surface area contributed by atoms with Crippen molar-refractivity contribution in [1.82, 2.24) is 0 Å². The number of carbonyl (C=O) groups excluding carboxylic acids is 1. The maximum absolute atomic E-state index is 11.1. The Kier molecular flexibility index (Phi) is 3.41. The largest absolute Gasteiger partial charge is 0.496 e. The Labute approximate surface area is 118 Å². The molecule has 0 bridgehead atoms. The molecular weight excluding hydrogens is 264 g/mol. The molecule has 1 heterocycles. The minimum absolute atomic E-state index is 0.366. The van der Waals surface area contributed by atoms with Crippen LogP contribution < -0.4 is 11.2 Å². The third-order valence-corrected chi connectivity index (χ3v) is 4.12. The zero-order valence-corrected chi connectivity index (χ0v) is 12.2. The molecular formula is C13H17BClNO3. The number of nitrogens with two attached hydrogens (primary N) is 1. The van der Waals surface area contributed by atoms with Gasteiger partial charge in [-0.3, -0.25) is 4.79 Å². The van der Waals surface area contributed by atoms with Gasteiger partial charge in [-0.2, -0.15) is 0 Å². The molecule has 0 aliphatic carbocycles. The number of amides is 1. The molecule has 102 valence electrons. The second-order valence-electron chi connectivity index (χ2n) is 5.69. The van der Waals surface area contributed by atoms with Crippen molar-refractivity contribution in [3.8, 4) is 0 Å². The predicted molar refractivity (Wildman–Crippen MR) is 75.7 cm³/mol. The summed E-state index contributed by atoms with van der Waals surface area (Å²) in [5.41, 5.74) is 5.42. The molecule has 2 rings (SSSR count). The molecule has 6 heteroatoms. The smallest absolute Gasteiger partial charge is 0.399 e. The topological polar surface area (TPSA) is 61.5 Å². The molecule has 2 N–H and O–H groups in total. The number of benzene rings is 1. The Balaban J connectivity index is 2.33. The molecule has 1 aliphatic heterocycles. The van der Waals surface area contributed by atoms with E-state index in [9.17, 15) is 4.79 Å². The lowest BCUT2D eigenvalue weighted by atomic mass is 9.78. The van der Waals surface area contributed by atoms with Crippen LogP contribution in [0.5, 0.6) is 0 Å². The first-order valence-electron chi connectivity index (χ1n) is 6.09. The summed E-state index contributed by atoms with van der Waals surface area (Å²) in [5, 5.41) is 0.412. The molecule has 1 fully saturated rings. The van der Waals surface area contributed by atoms with Gasteiger partial charge in [0, 0.05) is 16.0 Å². The lowest BCUT2D eigenvalue weighted by Gasteiger charge is -2.32. The van der Waals surface area contributed by atoms with Crippen molar-refractivity contribution < 1.29 is 14.1 Å². The van der Waals surface area contributed by atoms with E-state index in [-0.39, 0.29) is 0 Å². The predicted octanol–water partition coefficient (Wildman–Crippen LogP) is 1.74. The molecule has 0 aromatic heterocycles. The summed E-state index contributed by atoms with van der Waals surface area (Å²) in [6.07, 6.45) is 0. The van der Waals surface area contributed by atoms with Crippen molar-refractivity contribution in [2.24, 2.45) is 5.73 Å². The summed E-state index contributed by atoms with van der Waals surface area (Å²) in [6.45, 7) is 7.88. The Morgan fingerprint density at radius 2 is 1.74 bits per heavy atom. The Morgan fingerprint density at radius 3 is 2.16 bits per heavy atom. The lowest BCUT2D eigenvalue weighted by molar-refractivity contribution is 0.00578. The zero-order chi connectivity index (χ0) is 14.4. The molecule has 4 nitrogen and oxygen atoms in total. The van der Waals surface area contributed by atoms with Crippen LogP contribution in [0.25, 0.3) is 0 Å². The van der Waals surface area contributed by atoms with E-state index in [0.717, 1.165) is 0 Å². The van der Waals surface area contributed by atoms with Gasteiger partial charge in [0.1, 0.15) is 0 Å². The minimum Gasteiger partial charge on any atom is -0.399 e. The molecule has 19 heavy (non-hydrogen) atoms.